The second-order valence-corrected chi connectivity index (χ2v) is 10.3. The van der Waals surface area contributed by atoms with Gasteiger partial charge in [-0.1, -0.05) is 69.7 Å². The van der Waals surface area contributed by atoms with Gasteiger partial charge in [-0.2, -0.15) is 8.78 Å². The number of fused-ring (bicyclic) bond motifs is 1. The minimum Gasteiger partial charge on any atom is -0.429 e. The van der Waals surface area contributed by atoms with E-state index in [1.807, 2.05) is 12.1 Å². The lowest BCUT2D eigenvalue weighted by Gasteiger charge is -2.42. The van der Waals surface area contributed by atoms with E-state index in [1.165, 1.54) is 76.2 Å². The van der Waals surface area contributed by atoms with Crippen LogP contribution in [-0.2, 0) is 0 Å². The van der Waals surface area contributed by atoms with Gasteiger partial charge in [0.2, 0.25) is 0 Å². The zero-order valence-corrected chi connectivity index (χ0v) is 20.0. The van der Waals surface area contributed by atoms with Crippen LogP contribution >= 0.6 is 0 Å². The molecule has 34 heavy (non-hydrogen) atoms. The van der Waals surface area contributed by atoms with Crippen LogP contribution in [0.25, 0.3) is 11.1 Å². The number of halogens is 4. The van der Waals surface area contributed by atoms with Gasteiger partial charge >= 0.3 is 6.61 Å². The maximum Gasteiger partial charge on any atom is 0.387 e. The number of benzene rings is 2. The summed E-state index contributed by atoms with van der Waals surface area (Å²) in [5.74, 6) is -0.143. The van der Waals surface area contributed by atoms with E-state index in [4.69, 9.17) is 0 Å². The van der Waals surface area contributed by atoms with Gasteiger partial charge in [0, 0.05) is 0 Å². The van der Waals surface area contributed by atoms with Crippen LogP contribution in [0, 0.1) is 29.4 Å². The highest BCUT2D eigenvalue weighted by atomic mass is 19.3. The highest BCUT2D eigenvalue weighted by Gasteiger charge is 2.35. The molecule has 5 heteroatoms. The fraction of sp³-hybridized carbons (Fsp3) is 0.586. The summed E-state index contributed by atoms with van der Waals surface area (Å²) in [7, 11) is 0. The highest BCUT2D eigenvalue weighted by molar-refractivity contribution is 5.65. The summed E-state index contributed by atoms with van der Waals surface area (Å²) < 4.78 is 56.9. The average Bonchev–Trinajstić information content (AvgIpc) is 2.83. The van der Waals surface area contributed by atoms with Crippen LogP contribution in [0.5, 0.6) is 5.75 Å². The van der Waals surface area contributed by atoms with Crippen molar-refractivity contribution in [3.05, 3.63) is 53.6 Å². The molecule has 2 aromatic rings. The molecule has 0 aromatic heterocycles. The third-order valence-corrected chi connectivity index (χ3v) is 8.11. The molecule has 186 valence electrons. The lowest BCUT2D eigenvalue weighted by molar-refractivity contribution is -0.0546. The summed E-state index contributed by atoms with van der Waals surface area (Å²) >= 11 is 0. The van der Waals surface area contributed by atoms with E-state index >= 15 is 0 Å². The molecule has 0 bridgehead atoms. The van der Waals surface area contributed by atoms with Crippen molar-refractivity contribution in [1.29, 1.82) is 0 Å². The van der Waals surface area contributed by atoms with E-state index in [2.05, 4.69) is 23.8 Å². The molecule has 2 fully saturated rings. The molecule has 4 rings (SSSR count). The van der Waals surface area contributed by atoms with Gasteiger partial charge in [-0.25, -0.2) is 8.78 Å². The first kappa shape index (κ1) is 25.1. The van der Waals surface area contributed by atoms with E-state index in [-0.39, 0.29) is 0 Å². The van der Waals surface area contributed by atoms with E-state index in [0.717, 1.165) is 29.9 Å². The fourth-order valence-electron chi connectivity index (χ4n) is 6.29. The van der Waals surface area contributed by atoms with E-state index < -0.39 is 24.0 Å². The third kappa shape index (κ3) is 6.14. The highest BCUT2D eigenvalue weighted by Crippen LogP contribution is 2.48. The minimum atomic E-state index is -3.27. The van der Waals surface area contributed by atoms with Gasteiger partial charge in [-0.15, -0.1) is 0 Å². The monoisotopic (exact) mass is 476 g/mol. The van der Waals surface area contributed by atoms with Crippen LogP contribution in [0.2, 0.25) is 0 Å². The first-order chi connectivity index (χ1) is 16.4. The summed E-state index contributed by atoms with van der Waals surface area (Å²) in [5, 5.41) is 0. The smallest absolute Gasteiger partial charge is 0.387 e. The van der Waals surface area contributed by atoms with E-state index in [0.29, 0.717) is 17.0 Å². The van der Waals surface area contributed by atoms with Crippen LogP contribution in [0.1, 0.15) is 89.0 Å². The molecule has 2 aliphatic carbocycles. The van der Waals surface area contributed by atoms with Crippen LogP contribution < -0.4 is 4.74 Å². The Kier molecular flexibility index (Phi) is 8.55. The van der Waals surface area contributed by atoms with Gasteiger partial charge in [-0.3, -0.25) is 0 Å². The van der Waals surface area contributed by atoms with Gasteiger partial charge in [-0.05, 0) is 84.6 Å². The van der Waals surface area contributed by atoms with Crippen LogP contribution in [0.3, 0.4) is 0 Å². The molecule has 2 aromatic carbocycles. The van der Waals surface area contributed by atoms with E-state index in [9.17, 15) is 17.6 Å². The summed E-state index contributed by atoms with van der Waals surface area (Å²) in [5.41, 5.74) is 2.24. The zero-order chi connectivity index (χ0) is 24.1. The SMILES string of the molecule is CCCCCCC1CC[C@@H]2C[C@H](c3ccc(-c4cc(F)c(OC(F)F)c(F)c4)cc3)CC[C@@H]2C1. The van der Waals surface area contributed by atoms with E-state index in [1.54, 1.807) is 0 Å². The topological polar surface area (TPSA) is 9.23 Å². The summed E-state index contributed by atoms with van der Waals surface area (Å²) in [6.45, 7) is -1.01. The summed E-state index contributed by atoms with van der Waals surface area (Å²) in [6, 6.07) is 9.94. The van der Waals surface area contributed by atoms with Crippen molar-refractivity contribution in [3.63, 3.8) is 0 Å². The van der Waals surface area contributed by atoms with Crippen molar-refractivity contribution < 1.29 is 22.3 Å². The van der Waals surface area contributed by atoms with Crippen LogP contribution in [0.4, 0.5) is 17.6 Å². The maximum absolute atomic E-state index is 14.1. The molecule has 0 saturated heterocycles. The van der Waals surface area contributed by atoms with Crippen molar-refractivity contribution in [3.8, 4) is 16.9 Å². The lowest BCUT2D eigenvalue weighted by atomic mass is 9.63. The van der Waals surface area contributed by atoms with Crippen molar-refractivity contribution in [2.75, 3.05) is 0 Å². The Morgan fingerprint density at radius 3 is 2.18 bits per heavy atom. The average molecular weight is 477 g/mol. The van der Waals surface area contributed by atoms with Crippen molar-refractivity contribution in [1.82, 2.24) is 0 Å². The molecule has 0 aliphatic heterocycles. The van der Waals surface area contributed by atoms with Gasteiger partial charge < -0.3 is 4.74 Å². The third-order valence-electron chi connectivity index (χ3n) is 8.11. The second kappa shape index (κ2) is 11.6. The molecule has 2 aliphatic rings. The molecule has 0 amide bonds. The molecule has 2 saturated carbocycles. The number of ether oxygens (including phenoxy) is 1. The molecule has 1 unspecified atom stereocenters. The van der Waals surface area contributed by atoms with Gasteiger partial charge in [0.05, 0.1) is 0 Å². The summed E-state index contributed by atoms with van der Waals surface area (Å²) in [6.07, 6.45) is 14.7. The fourth-order valence-corrected chi connectivity index (χ4v) is 6.29. The van der Waals surface area contributed by atoms with Gasteiger partial charge in [0.15, 0.2) is 17.4 Å². The number of unbranched alkanes of at least 4 members (excludes halogenated alkanes) is 3. The second-order valence-electron chi connectivity index (χ2n) is 10.3. The molecule has 0 spiro atoms. The van der Waals surface area contributed by atoms with Crippen molar-refractivity contribution in [2.24, 2.45) is 17.8 Å². The van der Waals surface area contributed by atoms with Crippen molar-refractivity contribution in [2.45, 2.75) is 90.1 Å². The Bertz CT molecular complexity index is 903. The quantitative estimate of drug-likeness (QED) is 0.259. The molecular weight excluding hydrogens is 440 g/mol. The minimum absolute atomic E-state index is 0.309. The Morgan fingerprint density at radius 2 is 1.50 bits per heavy atom. The normalized spacial score (nSPS) is 24.8. The Balaban J connectivity index is 1.35. The molecule has 0 heterocycles. The molecule has 0 N–H and O–H groups in total. The standard InChI is InChI=1S/C29H36F4O/c1-2-3-4-5-6-19-7-8-24-16-23(14-13-22(24)15-19)20-9-11-21(12-10-20)25-17-26(30)28(27(31)18-25)34-29(32)33/h9-12,17-19,22-24,29H,2-8,13-16H2,1H3/t19?,22-,23-,24-/m1/s1. The number of hydrogen-bond donors (Lipinski definition) is 0. The molecular formula is C29H36F4O. The van der Waals surface area contributed by atoms with Gasteiger partial charge in [0.1, 0.15) is 0 Å². The van der Waals surface area contributed by atoms with Crippen LogP contribution in [-0.4, -0.2) is 6.61 Å². The molecule has 1 nitrogen and oxygen atoms in total. The number of hydrogen-bond acceptors (Lipinski definition) is 1. The predicted octanol–water partition coefficient (Wildman–Crippen LogP) is 9.50. The predicted molar refractivity (Wildman–Crippen MR) is 128 cm³/mol. The van der Waals surface area contributed by atoms with Crippen LogP contribution in [0.15, 0.2) is 36.4 Å². The van der Waals surface area contributed by atoms with Crippen molar-refractivity contribution >= 4 is 0 Å². The largest absolute Gasteiger partial charge is 0.429 e. The Morgan fingerprint density at radius 1 is 0.824 bits per heavy atom. The molecule has 0 radical (unpaired) electrons. The molecule has 4 atom stereocenters. The summed E-state index contributed by atoms with van der Waals surface area (Å²) in [4.78, 5) is 0. The van der Waals surface area contributed by atoms with Gasteiger partial charge in [0.25, 0.3) is 0 Å². The first-order valence-corrected chi connectivity index (χ1v) is 13.0. The Hall–Kier alpha value is -2.04. The number of alkyl halides is 2. The zero-order valence-electron chi connectivity index (χ0n) is 20.0. The maximum atomic E-state index is 14.1. The first-order valence-electron chi connectivity index (χ1n) is 13.0. The number of rotatable bonds is 9. The Labute approximate surface area is 200 Å². The lowest BCUT2D eigenvalue weighted by Crippen LogP contribution is -2.30.